The van der Waals surface area contributed by atoms with Crippen molar-refractivity contribution in [1.82, 2.24) is 10.6 Å². The van der Waals surface area contributed by atoms with Crippen LogP contribution in [-0.2, 0) is 14.0 Å². The van der Waals surface area contributed by atoms with Gasteiger partial charge in [-0.05, 0) is 57.1 Å². The summed E-state index contributed by atoms with van der Waals surface area (Å²) < 4.78 is 20.3. The molecule has 1 fully saturated rings. The predicted octanol–water partition coefficient (Wildman–Crippen LogP) is 3.81. The van der Waals surface area contributed by atoms with Gasteiger partial charge in [-0.2, -0.15) is 0 Å². The molecule has 2 aliphatic rings. The monoisotopic (exact) mass is 510 g/mol. The summed E-state index contributed by atoms with van der Waals surface area (Å²) in [7, 11) is -0.392. The number of hydrogen-bond donors (Lipinski definition) is 2. The molecule has 3 atom stereocenters. The molecule has 190 valence electrons. The number of para-hydroxylation sites is 1. The van der Waals surface area contributed by atoms with Crippen LogP contribution in [0.15, 0.2) is 53.5 Å². The molecule has 1 heterocycles. The summed E-state index contributed by atoms with van der Waals surface area (Å²) in [6.45, 7) is 5.87. The van der Waals surface area contributed by atoms with E-state index in [-0.39, 0.29) is 29.2 Å². The molecule has 0 aromatic heterocycles. The van der Waals surface area contributed by atoms with Gasteiger partial charge in [0.25, 0.3) is 11.9 Å². The van der Waals surface area contributed by atoms with Gasteiger partial charge in [0.2, 0.25) is 14.5 Å². The fraction of sp³-hybridized carbons (Fsp3) is 0.385. The van der Waals surface area contributed by atoms with Crippen LogP contribution < -0.4 is 15.5 Å². The largest absolute Gasteiger partial charge is 0.520 e. The molecule has 2 N–H and O–H groups in total. The highest BCUT2D eigenvalue weighted by atomic mass is 28.4. The standard InChI is InChI=1S/C26H31FN4O4Si/c1-31-21-12-8-6-10-19(21)22(18-9-5-7-11-20(18)27)29-23(24(31)32)30-26(34)28-17-14-13-16(15-17)25(33)35-36(2,3)4/h5-12,16-17,23H,13-15H2,1-4H3,(H2,28,30,34)/t16-,17+,23?/m0/s1. The molecule has 8 nitrogen and oxygen atoms in total. The van der Waals surface area contributed by atoms with Gasteiger partial charge in [-0.15, -0.1) is 0 Å². The average Bonchev–Trinajstić information content (AvgIpc) is 3.25. The van der Waals surface area contributed by atoms with Gasteiger partial charge in [-0.1, -0.05) is 30.3 Å². The highest BCUT2D eigenvalue weighted by Gasteiger charge is 2.36. The Kier molecular flexibility index (Phi) is 7.25. The maximum Gasteiger partial charge on any atom is 0.317 e. The fourth-order valence-electron chi connectivity index (χ4n) is 4.55. The van der Waals surface area contributed by atoms with Crippen LogP contribution in [0.25, 0.3) is 0 Å². The molecule has 0 bridgehead atoms. The number of nitrogens with zero attached hydrogens (tertiary/aromatic N) is 2. The molecule has 1 saturated carbocycles. The Hall–Kier alpha value is -3.53. The minimum Gasteiger partial charge on any atom is -0.520 e. The smallest absolute Gasteiger partial charge is 0.317 e. The van der Waals surface area contributed by atoms with Gasteiger partial charge < -0.3 is 20.0 Å². The number of likely N-dealkylation sites (N-methyl/N-ethyl adjacent to an activating group) is 1. The number of urea groups is 1. The Balaban J connectivity index is 1.52. The number of amides is 3. The van der Waals surface area contributed by atoms with E-state index < -0.39 is 32.2 Å². The topological polar surface area (TPSA) is 100 Å². The fourth-order valence-corrected chi connectivity index (χ4v) is 5.32. The van der Waals surface area contributed by atoms with Crippen LogP contribution in [0.3, 0.4) is 0 Å². The summed E-state index contributed by atoms with van der Waals surface area (Å²) in [5, 5.41) is 5.50. The molecule has 3 amide bonds. The second-order valence-electron chi connectivity index (χ2n) is 10.1. The summed E-state index contributed by atoms with van der Waals surface area (Å²) >= 11 is 0. The first-order valence-electron chi connectivity index (χ1n) is 12.0. The van der Waals surface area contributed by atoms with Crippen molar-refractivity contribution in [1.29, 1.82) is 0 Å². The van der Waals surface area contributed by atoms with E-state index in [9.17, 15) is 18.8 Å². The van der Waals surface area contributed by atoms with E-state index in [1.807, 2.05) is 19.6 Å². The zero-order valence-electron chi connectivity index (χ0n) is 20.9. The Morgan fingerprint density at radius 3 is 2.39 bits per heavy atom. The molecule has 0 saturated heterocycles. The zero-order chi connectivity index (χ0) is 26.0. The zero-order valence-corrected chi connectivity index (χ0v) is 21.9. The van der Waals surface area contributed by atoms with Crippen molar-refractivity contribution in [2.75, 3.05) is 11.9 Å². The summed E-state index contributed by atoms with van der Waals surface area (Å²) in [6.07, 6.45) is 0.479. The Morgan fingerprint density at radius 2 is 1.69 bits per heavy atom. The van der Waals surface area contributed by atoms with Crippen molar-refractivity contribution in [3.05, 3.63) is 65.5 Å². The average molecular weight is 511 g/mol. The Labute approximate surface area is 211 Å². The summed E-state index contributed by atoms with van der Waals surface area (Å²) in [5.74, 6) is -1.40. The second kappa shape index (κ2) is 10.2. The van der Waals surface area contributed by atoms with Gasteiger partial charge in [0.15, 0.2) is 0 Å². The van der Waals surface area contributed by atoms with Crippen LogP contribution in [0, 0.1) is 11.7 Å². The van der Waals surface area contributed by atoms with Gasteiger partial charge in [-0.3, -0.25) is 9.59 Å². The van der Waals surface area contributed by atoms with E-state index in [0.29, 0.717) is 30.5 Å². The predicted molar refractivity (Wildman–Crippen MR) is 138 cm³/mol. The summed E-state index contributed by atoms with van der Waals surface area (Å²) in [4.78, 5) is 44.5. The molecule has 2 aromatic rings. The number of rotatable bonds is 5. The Morgan fingerprint density at radius 1 is 1.03 bits per heavy atom. The van der Waals surface area contributed by atoms with Crippen molar-refractivity contribution in [3.8, 4) is 0 Å². The maximum absolute atomic E-state index is 14.7. The van der Waals surface area contributed by atoms with Crippen molar-refractivity contribution in [3.63, 3.8) is 0 Å². The van der Waals surface area contributed by atoms with Crippen molar-refractivity contribution < 1.29 is 23.2 Å². The van der Waals surface area contributed by atoms with Gasteiger partial charge >= 0.3 is 6.03 Å². The van der Waals surface area contributed by atoms with Crippen molar-refractivity contribution in [2.24, 2.45) is 10.9 Å². The second-order valence-corrected chi connectivity index (χ2v) is 14.6. The molecule has 10 heteroatoms. The lowest BCUT2D eigenvalue weighted by molar-refractivity contribution is -0.139. The number of carbonyl (C=O) groups excluding carboxylic acids is 3. The molecular formula is C26H31FN4O4Si. The number of nitrogens with one attached hydrogen (secondary N) is 2. The SMILES string of the molecule is CN1C(=O)C(NC(=O)N[C@@H]2CC[C@H](C(=O)O[Si](C)(C)C)C2)N=C(c2ccccc2F)c2ccccc21. The van der Waals surface area contributed by atoms with Crippen molar-refractivity contribution >= 4 is 37.6 Å². The molecule has 2 aromatic carbocycles. The van der Waals surface area contributed by atoms with Crippen molar-refractivity contribution in [2.45, 2.75) is 51.1 Å². The van der Waals surface area contributed by atoms with E-state index in [4.69, 9.17) is 4.43 Å². The normalized spacial score (nSPS) is 21.8. The summed E-state index contributed by atoms with van der Waals surface area (Å²) in [5.41, 5.74) is 1.66. The minimum absolute atomic E-state index is 0.212. The molecule has 0 radical (unpaired) electrons. The lowest BCUT2D eigenvalue weighted by Gasteiger charge is -2.22. The first-order valence-corrected chi connectivity index (χ1v) is 15.4. The third kappa shape index (κ3) is 5.64. The molecule has 1 unspecified atom stereocenters. The van der Waals surface area contributed by atoms with Crippen LogP contribution in [-0.4, -0.2) is 51.2 Å². The van der Waals surface area contributed by atoms with Gasteiger partial charge in [-0.25, -0.2) is 14.2 Å². The number of aliphatic imine (C=N–C) groups is 1. The van der Waals surface area contributed by atoms with Crippen LogP contribution >= 0.6 is 0 Å². The lowest BCUT2D eigenvalue weighted by atomic mass is 10.00. The molecular weight excluding hydrogens is 479 g/mol. The molecule has 0 spiro atoms. The Bertz CT molecular complexity index is 1210. The van der Waals surface area contributed by atoms with E-state index in [0.717, 1.165) is 0 Å². The number of hydrogen-bond acceptors (Lipinski definition) is 5. The first kappa shape index (κ1) is 25.6. The molecule has 1 aliphatic carbocycles. The highest BCUT2D eigenvalue weighted by molar-refractivity contribution is 6.71. The molecule has 36 heavy (non-hydrogen) atoms. The number of halogens is 1. The van der Waals surface area contributed by atoms with Gasteiger partial charge in [0.1, 0.15) is 5.82 Å². The van der Waals surface area contributed by atoms with E-state index in [1.54, 1.807) is 49.5 Å². The number of fused-ring (bicyclic) bond motifs is 1. The van der Waals surface area contributed by atoms with Gasteiger partial charge in [0.05, 0.1) is 17.3 Å². The van der Waals surface area contributed by atoms with Crippen LogP contribution in [0.1, 0.15) is 30.4 Å². The number of anilines is 1. The highest BCUT2D eigenvalue weighted by Crippen LogP contribution is 2.29. The van der Waals surface area contributed by atoms with E-state index in [2.05, 4.69) is 15.6 Å². The van der Waals surface area contributed by atoms with Crippen LogP contribution in [0.5, 0.6) is 0 Å². The molecule has 1 aliphatic heterocycles. The van der Waals surface area contributed by atoms with Crippen LogP contribution in [0.2, 0.25) is 19.6 Å². The van der Waals surface area contributed by atoms with E-state index >= 15 is 0 Å². The van der Waals surface area contributed by atoms with Crippen LogP contribution in [0.4, 0.5) is 14.9 Å². The minimum atomic E-state index is -1.99. The van der Waals surface area contributed by atoms with Gasteiger partial charge in [0, 0.05) is 24.2 Å². The van der Waals surface area contributed by atoms with E-state index in [1.165, 1.54) is 11.0 Å². The lowest BCUT2D eigenvalue weighted by Crippen LogP contribution is -2.51. The number of benzene rings is 2. The maximum atomic E-state index is 14.7. The third-order valence-electron chi connectivity index (χ3n) is 6.25. The molecule has 4 rings (SSSR count). The third-order valence-corrected chi connectivity index (χ3v) is 7.06. The quantitative estimate of drug-likeness (QED) is 0.598. The first-order chi connectivity index (χ1) is 17.0. The number of carbonyl (C=O) groups is 3. The summed E-state index contributed by atoms with van der Waals surface area (Å²) in [6, 6.07) is 12.5. The number of benzodiazepines with no additional fused rings is 1.